The molecule has 1 aliphatic rings. The van der Waals surface area contributed by atoms with Crippen molar-refractivity contribution in [3.05, 3.63) is 27.4 Å². The molecule has 2 heterocycles. The van der Waals surface area contributed by atoms with E-state index in [1.54, 1.807) is 11.6 Å². The summed E-state index contributed by atoms with van der Waals surface area (Å²) in [4.78, 5) is 30.4. The zero-order valence-electron chi connectivity index (χ0n) is 12.6. The molecule has 0 saturated heterocycles. The second kappa shape index (κ2) is 5.75. The van der Waals surface area contributed by atoms with E-state index in [4.69, 9.17) is 0 Å². The van der Waals surface area contributed by atoms with Gasteiger partial charge >= 0.3 is 0 Å². The Kier molecular flexibility index (Phi) is 4.23. The third-order valence-electron chi connectivity index (χ3n) is 3.84. The standard InChI is InChI=1S/C14H22N4O2/c1-5-9(2)15-13(19)8-18-6-11-12(7-18)16-10(3)17(4)14(11)20/h9H,5-8H2,1-4H3,(H,15,19)/t9-/m1/s1. The van der Waals surface area contributed by atoms with E-state index in [0.29, 0.717) is 25.5 Å². The summed E-state index contributed by atoms with van der Waals surface area (Å²) < 4.78 is 1.56. The fourth-order valence-corrected chi connectivity index (χ4v) is 2.33. The predicted octanol–water partition coefficient (Wildman–Crippen LogP) is 0.319. The Balaban J connectivity index is 2.05. The highest BCUT2D eigenvalue weighted by Gasteiger charge is 2.26. The summed E-state index contributed by atoms with van der Waals surface area (Å²) in [5, 5.41) is 2.94. The molecule has 1 aromatic heterocycles. The molecule has 0 bridgehead atoms. The van der Waals surface area contributed by atoms with Crippen LogP contribution in [-0.4, -0.2) is 32.9 Å². The Bertz CT molecular complexity index is 579. The average molecular weight is 278 g/mol. The van der Waals surface area contributed by atoms with Gasteiger partial charge in [0, 0.05) is 26.2 Å². The number of hydrogen-bond donors (Lipinski definition) is 1. The van der Waals surface area contributed by atoms with Crippen LogP contribution in [0.5, 0.6) is 0 Å². The van der Waals surface area contributed by atoms with Crippen LogP contribution in [0, 0.1) is 6.92 Å². The van der Waals surface area contributed by atoms with Gasteiger partial charge < -0.3 is 5.32 Å². The molecule has 1 amide bonds. The number of rotatable bonds is 4. The van der Waals surface area contributed by atoms with Gasteiger partial charge in [-0.3, -0.25) is 19.1 Å². The van der Waals surface area contributed by atoms with Crippen LogP contribution < -0.4 is 10.9 Å². The lowest BCUT2D eigenvalue weighted by atomic mass is 10.2. The number of aryl methyl sites for hydroxylation is 1. The number of hydrogen-bond acceptors (Lipinski definition) is 4. The van der Waals surface area contributed by atoms with Crippen LogP contribution >= 0.6 is 0 Å². The maximum atomic E-state index is 12.1. The molecule has 0 spiro atoms. The van der Waals surface area contributed by atoms with Crippen molar-refractivity contribution in [1.82, 2.24) is 19.8 Å². The largest absolute Gasteiger partial charge is 0.353 e. The lowest BCUT2D eigenvalue weighted by Crippen LogP contribution is -2.39. The van der Waals surface area contributed by atoms with Crippen molar-refractivity contribution in [3.63, 3.8) is 0 Å². The van der Waals surface area contributed by atoms with Crippen molar-refractivity contribution in [1.29, 1.82) is 0 Å². The minimum atomic E-state index is -0.00247. The predicted molar refractivity (Wildman–Crippen MR) is 76.2 cm³/mol. The maximum absolute atomic E-state index is 12.1. The average Bonchev–Trinajstić information content (AvgIpc) is 2.78. The number of carbonyl (C=O) groups is 1. The van der Waals surface area contributed by atoms with E-state index < -0.39 is 0 Å². The molecule has 0 radical (unpaired) electrons. The van der Waals surface area contributed by atoms with E-state index in [2.05, 4.69) is 10.3 Å². The smallest absolute Gasteiger partial charge is 0.258 e. The first-order chi connectivity index (χ1) is 9.42. The monoisotopic (exact) mass is 278 g/mol. The SMILES string of the molecule is CC[C@@H](C)NC(=O)CN1Cc2nc(C)n(C)c(=O)c2C1. The Morgan fingerprint density at radius 1 is 1.45 bits per heavy atom. The van der Waals surface area contributed by atoms with Crippen LogP contribution in [0.25, 0.3) is 0 Å². The first-order valence-corrected chi connectivity index (χ1v) is 6.99. The molecular weight excluding hydrogens is 256 g/mol. The van der Waals surface area contributed by atoms with Crippen LogP contribution in [0.2, 0.25) is 0 Å². The fraction of sp³-hybridized carbons (Fsp3) is 0.643. The lowest BCUT2D eigenvalue weighted by molar-refractivity contribution is -0.123. The van der Waals surface area contributed by atoms with E-state index in [0.717, 1.165) is 17.7 Å². The summed E-state index contributed by atoms with van der Waals surface area (Å²) in [7, 11) is 1.73. The van der Waals surface area contributed by atoms with E-state index in [-0.39, 0.29) is 17.5 Å². The highest BCUT2D eigenvalue weighted by molar-refractivity contribution is 5.78. The highest BCUT2D eigenvalue weighted by atomic mass is 16.2. The van der Waals surface area contributed by atoms with Gasteiger partial charge in [0.15, 0.2) is 0 Å². The molecule has 6 heteroatoms. The maximum Gasteiger partial charge on any atom is 0.258 e. The number of fused-ring (bicyclic) bond motifs is 1. The molecule has 1 aromatic rings. The molecule has 0 fully saturated rings. The molecule has 0 aliphatic carbocycles. The molecule has 1 N–H and O–H groups in total. The third-order valence-corrected chi connectivity index (χ3v) is 3.84. The Labute approximate surface area is 118 Å². The molecule has 110 valence electrons. The number of amides is 1. The quantitative estimate of drug-likeness (QED) is 0.861. The Hall–Kier alpha value is -1.69. The van der Waals surface area contributed by atoms with Gasteiger partial charge in [-0.1, -0.05) is 6.92 Å². The normalized spacial score (nSPS) is 16.0. The minimum Gasteiger partial charge on any atom is -0.353 e. The van der Waals surface area contributed by atoms with Crippen molar-refractivity contribution in [3.8, 4) is 0 Å². The summed E-state index contributed by atoms with van der Waals surface area (Å²) in [6, 6.07) is 0.181. The van der Waals surface area contributed by atoms with Crippen molar-refractivity contribution < 1.29 is 4.79 Å². The van der Waals surface area contributed by atoms with Crippen LogP contribution in [0.1, 0.15) is 37.4 Å². The van der Waals surface area contributed by atoms with Gasteiger partial charge in [0.1, 0.15) is 5.82 Å². The number of carbonyl (C=O) groups excluding carboxylic acids is 1. The van der Waals surface area contributed by atoms with Gasteiger partial charge in [0.05, 0.1) is 17.8 Å². The summed E-state index contributed by atoms with van der Waals surface area (Å²) in [5.74, 6) is 0.709. The topological polar surface area (TPSA) is 67.2 Å². The third kappa shape index (κ3) is 2.90. The van der Waals surface area contributed by atoms with Gasteiger partial charge in [0.2, 0.25) is 5.91 Å². The minimum absolute atomic E-state index is 0.000650. The van der Waals surface area contributed by atoms with E-state index in [1.165, 1.54) is 0 Å². The Morgan fingerprint density at radius 2 is 2.15 bits per heavy atom. The molecule has 1 atom stereocenters. The lowest BCUT2D eigenvalue weighted by Gasteiger charge is -2.16. The van der Waals surface area contributed by atoms with Crippen molar-refractivity contribution >= 4 is 5.91 Å². The van der Waals surface area contributed by atoms with Gasteiger partial charge in [0.25, 0.3) is 5.56 Å². The zero-order chi connectivity index (χ0) is 14.9. The number of aromatic nitrogens is 2. The van der Waals surface area contributed by atoms with Gasteiger partial charge in [-0.15, -0.1) is 0 Å². The second-order valence-electron chi connectivity index (χ2n) is 5.47. The molecular formula is C14H22N4O2. The highest BCUT2D eigenvalue weighted by Crippen LogP contribution is 2.17. The molecule has 0 aromatic carbocycles. The first-order valence-electron chi connectivity index (χ1n) is 6.99. The van der Waals surface area contributed by atoms with Crippen LogP contribution in [-0.2, 0) is 24.9 Å². The Morgan fingerprint density at radius 3 is 2.80 bits per heavy atom. The summed E-state index contributed by atoms with van der Waals surface area (Å²) in [6.45, 7) is 7.22. The van der Waals surface area contributed by atoms with Crippen LogP contribution in [0.4, 0.5) is 0 Å². The first kappa shape index (κ1) is 14.7. The van der Waals surface area contributed by atoms with Crippen molar-refractivity contribution in [2.24, 2.45) is 7.05 Å². The van der Waals surface area contributed by atoms with Crippen molar-refractivity contribution in [2.45, 2.75) is 46.3 Å². The molecule has 20 heavy (non-hydrogen) atoms. The fourth-order valence-electron chi connectivity index (χ4n) is 2.33. The summed E-state index contributed by atoms with van der Waals surface area (Å²) in [6.07, 6.45) is 0.910. The van der Waals surface area contributed by atoms with Crippen LogP contribution in [0.3, 0.4) is 0 Å². The van der Waals surface area contributed by atoms with E-state index >= 15 is 0 Å². The summed E-state index contributed by atoms with van der Waals surface area (Å²) in [5.41, 5.74) is 1.52. The second-order valence-corrected chi connectivity index (χ2v) is 5.47. The molecule has 0 saturated carbocycles. The number of nitrogens with zero attached hydrogens (tertiary/aromatic N) is 3. The van der Waals surface area contributed by atoms with Gasteiger partial charge in [-0.05, 0) is 20.3 Å². The molecule has 0 unspecified atom stereocenters. The van der Waals surface area contributed by atoms with Gasteiger partial charge in [-0.25, -0.2) is 4.98 Å². The van der Waals surface area contributed by atoms with Crippen molar-refractivity contribution in [2.75, 3.05) is 6.54 Å². The number of nitrogens with one attached hydrogen (secondary N) is 1. The van der Waals surface area contributed by atoms with E-state index in [9.17, 15) is 9.59 Å². The molecule has 6 nitrogen and oxygen atoms in total. The summed E-state index contributed by atoms with van der Waals surface area (Å²) >= 11 is 0. The molecule has 1 aliphatic heterocycles. The molecule has 2 rings (SSSR count). The van der Waals surface area contributed by atoms with Gasteiger partial charge in [-0.2, -0.15) is 0 Å². The zero-order valence-corrected chi connectivity index (χ0v) is 12.6. The van der Waals surface area contributed by atoms with E-state index in [1.807, 2.05) is 25.7 Å². The van der Waals surface area contributed by atoms with Crippen LogP contribution in [0.15, 0.2) is 4.79 Å².